The van der Waals surface area contributed by atoms with E-state index in [4.69, 9.17) is 0 Å². The molecular formula is C30H23N3O2S. The summed E-state index contributed by atoms with van der Waals surface area (Å²) >= 11 is 1.45. The third-order valence-corrected chi connectivity index (χ3v) is 7.56. The van der Waals surface area contributed by atoms with Crippen LogP contribution in [0.3, 0.4) is 0 Å². The number of nitrogens with zero attached hydrogens (tertiary/aromatic N) is 2. The highest BCUT2D eigenvalue weighted by atomic mass is 32.2. The highest BCUT2D eigenvalue weighted by Gasteiger charge is 2.38. The molecule has 5 aromatic rings. The Morgan fingerprint density at radius 1 is 0.778 bits per heavy atom. The Hall–Kier alpha value is -4.29. The molecule has 4 aromatic carbocycles. The number of rotatable bonds is 5. The van der Waals surface area contributed by atoms with E-state index < -0.39 is 0 Å². The summed E-state index contributed by atoms with van der Waals surface area (Å²) in [5.74, 6) is -0.467. The van der Waals surface area contributed by atoms with Gasteiger partial charge in [-0.3, -0.25) is 15.0 Å². The van der Waals surface area contributed by atoms with E-state index in [1.54, 1.807) is 0 Å². The molecule has 1 aliphatic rings. The predicted octanol–water partition coefficient (Wildman–Crippen LogP) is 6.14. The van der Waals surface area contributed by atoms with Gasteiger partial charge in [-0.1, -0.05) is 109 Å². The van der Waals surface area contributed by atoms with Crippen LogP contribution < -0.4 is 5.43 Å². The van der Waals surface area contributed by atoms with Crippen LogP contribution >= 0.6 is 11.8 Å². The number of aromatic nitrogens is 1. The molecule has 1 atom stereocenters. The molecule has 0 radical (unpaired) electrons. The zero-order valence-electron chi connectivity index (χ0n) is 19.4. The third-order valence-electron chi connectivity index (χ3n) is 6.31. The van der Waals surface area contributed by atoms with Gasteiger partial charge in [0.25, 0.3) is 11.8 Å². The van der Waals surface area contributed by atoms with E-state index in [9.17, 15) is 9.59 Å². The van der Waals surface area contributed by atoms with Gasteiger partial charge in [-0.2, -0.15) is 0 Å². The molecule has 1 aromatic heterocycles. The van der Waals surface area contributed by atoms with Crippen molar-refractivity contribution >= 4 is 51.5 Å². The Balaban J connectivity index is 1.32. The second-order valence-corrected chi connectivity index (χ2v) is 9.75. The minimum absolute atomic E-state index is 0.0989. The lowest BCUT2D eigenvalue weighted by Gasteiger charge is -2.24. The largest absolute Gasteiger partial charge is 0.331 e. The van der Waals surface area contributed by atoms with Crippen molar-refractivity contribution in [3.05, 3.63) is 125 Å². The first kappa shape index (κ1) is 22.2. The number of nitrogens with one attached hydrogen (secondary N) is 1. The molecule has 1 saturated heterocycles. The molecule has 1 unspecified atom stereocenters. The summed E-state index contributed by atoms with van der Waals surface area (Å²) in [5, 5.41) is 3.31. The SMILES string of the molecule is O=C(Cn1c2ccccc2c2ccccc21)NN1C(=O)/C(=C/c2ccccc2)SC1c1ccccc1. The fourth-order valence-corrected chi connectivity index (χ4v) is 5.87. The first-order valence-electron chi connectivity index (χ1n) is 11.8. The lowest BCUT2D eigenvalue weighted by Crippen LogP contribution is -2.45. The number of benzene rings is 4. The van der Waals surface area contributed by atoms with E-state index in [0.29, 0.717) is 4.91 Å². The minimum atomic E-state index is -0.351. The Labute approximate surface area is 213 Å². The molecule has 2 amide bonds. The molecule has 1 N–H and O–H groups in total. The number of fused-ring (bicyclic) bond motifs is 3. The second kappa shape index (κ2) is 9.40. The van der Waals surface area contributed by atoms with Crippen LogP contribution in [0.2, 0.25) is 0 Å². The maximum Gasteiger partial charge on any atom is 0.280 e. The Kier molecular flexibility index (Phi) is 5.79. The van der Waals surface area contributed by atoms with Crippen molar-refractivity contribution in [3.63, 3.8) is 0 Å². The van der Waals surface area contributed by atoms with Crippen molar-refractivity contribution in [2.75, 3.05) is 0 Å². The van der Waals surface area contributed by atoms with Crippen molar-refractivity contribution in [1.29, 1.82) is 0 Å². The topological polar surface area (TPSA) is 54.3 Å². The van der Waals surface area contributed by atoms with Gasteiger partial charge in [0.15, 0.2) is 0 Å². The number of hydrogen-bond acceptors (Lipinski definition) is 3. The van der Waals surface area contributed by atoms with E-state index in [0.717, 1.165) is 32.9 Å². The molecule has 36 heavy (non-hydrogen) atoms. The van der Waals surface area contributed by atoms with Crippen molar-refractivity contribution in [1.82, 2.24) is 15.0 Å². The molecular weight excluding hydrogens is 466 g/mol. The van der Waals surface area contributed by atoms with Crippen LogP contribution in [-0.4, -0.2) is 21.4 Å². The van der Waals surface area contributed by atoms with Crippen LogP contribution in [0.5, 0.6) is 0 Å². The van der Waals surface area contributed by atoms with Gasteiger partial charge in [0.2, 0.25) is 0 Å². The van der Waals surface area contributed by atoms with Crippen LogP contribution in [0.1, 0.15) is 16.5 Å². The molecule has 1 aliphatic heterocycles. The van der Waals surface area contributed by atoms with E-state index in [1.807, 2.05) is 108 Å². The normalized spacial score (nSPS) is 16.8. The fraction of sp³-hybridized carbons (Fsp3) is 0.0667. The number of amides is 2. The summed E-state index contributed by atoms with van der Waals surface area (Å²) in [4.78, 5) is 27.4. The van der Waals surface area contributed by atoms with Gasteiger partial charge in [0.1, 0.15) is 11.9 Å². The third kappa shape index (κ3) is 4.06. The maximum atomic E-state index is 13.5. The smallest absolute Gasteiger partial charge is 0.280 e. The number of carbonyl (C=O) groups excluding carboxylic acids is 2. The number of thioether (sulfide) groups is 1. The number of hydrogen-bond donors (Lipinski definition) is 1. The number of para-hydroxylation sites is 2. The summed E-state index contributed by atoms with van der Waals surface area (Å²) in [6, 6.07) is 35.7. The predicted molar refractivity (Wildman–Crippen MR) is 146 cm³/mol. The highest BCUT2D eigenvalue weighted by Crippen LogP contribution is 2.45. The standard InChI is InChI=1S/C30H23N3O2S/c34-28(20-32-25-17-9-7-15-23(25)24-16-8-10-18-26(24)32)31-33-29(35)27(19-21-11-3-1-4-12-21)36-30(33)22-13-5-2-6-14-22/h1-19,30H,20H2,(H,31,34)/b27-19-. The van der Waals surface area contributed by atoms with Gasteiger partial charge in [-0.15, -0.1) is 0 Å². The fourth-order valence-electron chi connectivity index (χ4n) is 4.68. The van der Waals surface area contributed by atoms with Crippen molar-refractivity contribution in [2.45, 2.75) is 11.9 Å². The van der Waals surface area contributed by atoms with Crippen LogP contribution in [-0.2, 0) is 16.1 Å². The van der Waals surface area contributed by atoms with Gasteiger partial charge in [0, 0.05) is 21.8 Å². The monoisotopic (exact) mass is 489 g/mol. The maximum absolute atomic E-state index is 13.5. The quantitative estimate of drug-likeness (QED) is 0.302. The Bertz CT molecular complexity index is 1560. The molecule has 6 heteroatoms. The summed E-state index contributed by atoms with van der Waals surface area (Å²) < 4.78 is 2.01. The van der Waals surface area contributed by atoms with Gasteiger partial charge in [0.05, 0.1) is 4.91 Å². The summed E-state index contributed by atoms with van der Waals surface area (Å²) in [5.41, 5.74) is 6.79. The lowest BCUT2D eigenvalue weighted by molar-refractivity contribution is -0.138. The Morgan fingerprint density at radius 3 is 1.97 bits per heavy atom. The van der Waals surface area contributed by atoms with Crippen LogP contribution in [0.4, 0.5) is 0 Å². The highest BCUT2D eigenvalue weighted by molar-refractivity contribution is 8.04. The van der Waals surface area contributed by atoms with Crippen molar-refractivity contribution in [3.8, 4) is 0 Å². The van der Waals surface area contributed by atoms with Gasteiger partial charge >= 0.3 is 0 Å². The van der Waals surface area contributed by atoms with Gasteiger partial charge in [-0.05, 0) is 29.3 Å². The first-order chi connectivity index (χ1) is 17.7. The lowest BCUT2D eigenvalue weighted by atomic mass is 10.2. The average molecular weight is 490 g/mol. The molecule has 176 valence electrons. The average Bonchev–Trinajstić information content (AvgIpc) is 3.40. The zero-order chi connectivity index (χ0) is 24.5. The van der Waals surface area contributed by atoms with Crippen LogP contribution in [0.25, 0.3) is 27.9 Å². The molecule has 0 spiro atoms. The first-order valence-corrected chi connectivity index (χ1v) is 12.6. The number of carbonyl (C=O) groups is 2. The van der Waals surface area contributed by atoms with Crippen molar-refractivity contribution < 1.29 is 9.59 Å². The molecule has 0 aliphatic carbocycles. The molecule has 0 saturated carbocycles. The minimum Gasteiger partial charge on any atom is -0.331 e. The zero-order valence-corrected chi connectivity index (χ0v) is 20.2. The second-order valence-electron chi connectivity index (χ2n) is 8.63. The van der Waals surface area contributed by atoms with Crippen molar-refractivity contribution in [2.24, 2.45) is 0 Å². The molecule has 1 fully saturated rings. The number of hydrazine groups is 1. The molecule has 5 nitrogen and oxygen atoms in total. The van der Waals surface area contributed by atoms with Crippen LogP contribution in [0.15, 0.2) is 114 Å². The molecule has 0 bridgehead atoms. The van der Waals surface area contributed by atoms with E-state index >= 15 is 0 Å². The summed E-state index contributed by atoms with van der Waals surface area (Å²) in [6.07, 6.45) is 1.88. The van der Waals surface area contributed by atoms with Gasteiger partial charge in [-0.25, -0.2) is 5.01 Å². The van der Waals surface area contributed by atoms with E-state index in [-0.39, 0.29) is 23.7 Å². The summed E-state index contributed by atoms with van der Waals surface area (Å²) in [7, 11) is 0. The molecule has 2 heterocycles. The van der Waals surface area contributed by atoms with Gasteiger partial charge < -0.3 is 4.57 Å². The van der Waals surface area contributed by atoms with E-state index in [2.05, 4.69) is 17.6 Å². The van der Waals surface area contributed by atoms with E-state index in [1.165, 1.54) is 16.8 Å². The molecule has 6 rings (SSSR count). The van der Waals surface area contributed by atoms with Crippen LogP contribution in [0, 0.1) is 0 Å². The Morgan fingerprint density at radius 2 is 1.33 bits per heavy atom. The summed E-state index contributed by atoms with van der Waals surface area (Å²) in [6.45, 7) is 0.0989.